The maximum absolute atomic E-state index is 14.8. The predicted molar refractivity (Wildman–Crippen MR) is 82.0 cm³/mol. The van der Waals surface area contributed by atoms with Crippen molar-refractivity contribution >= 4 is 22.7 Å². The summed E-state index contributed by atoms with van der Waals surface area (Å²) in [6.45, 7) is 0. The molecule has 0 amide bonds. The number of hydrogen-bond donors (Lipinski definition) is 1. The van der Waals surface area contributed by atoms with Crippen LogP contribution in [0.4, 0.5) is 8.78 Å². The number of halogens is 2. The molecule has 8 heteroatoms. The molecule has 0 unspecified atom stereocenters. The first-order valence-corrected chi connectivity index (χ1v) is 7.60. The normalized spacial score (nSPS) is 10.7. The molecule has 0 spiro atoms. The van der Waals surface area contributed by atoms with Gasteiger partial charge in [-0.15, -0.1) is 0 Å². The minimum absolute atomic E-state index is 0.0839. The third-order valence-corrected chi connectivity index (χ3v) is 3.82. The molecule has 0 radical (unpaired) electrons. The van der Waals surface area contributed by atoms with Crippen molar-refractivity contribution in [3.05, 3.63) is 51.9 Å². The number of H-pyrrole nitrogens is 1. The third-order valence-electron chi connectivity index (χ3n) is 3.24. The molecule has 0 saturated carbocycles. The van der Waals surface area contributed by atoms with Crippen molar-refractivity contribution in [2.24, 2.45) is 0 Å². The first-order valence-electron chi connectivity index (χ1n) is 6.38. The zero-order valence-electron chi connectivity index (χ0n) is 11.7. The molecule has 2 heterocycles. The van der Waals surface area contributed by atoms with Crippen LogP contribution >= 0.6 is 11.8 Å². The van der Waals surface area contributed by atoms with Crippen LogP contribution in [0, 0.1) is 23.0 Å². The van der Waals surface area contributed by atoms with Crippen LogP contribution in [0.1, 0.15) is 5.56 Å². The number of hydrogen-bond acceptors (Lipinski definition) is 5. The summed E-state index contributed by atoms with van der Waals surface area (Å²) in [6.07, 6.45) is 3.06. The molecule has 3 rings (SSSR count). The number of aromatic nitrogens is 3. The summed E-state index contributed by atoms with van der Waals surface area (Å²) >= 11 is 1.09. The van der Waals surface area contributed by atoms with Crippen LogP contribution in [-0.2, 0) is 0 Å². The smallest absolute Gasteiger partial charge is 0.270 e. The summed E-state index contributed by atoms with van der Waals surface area (Å²) in [5.41, 5.74) is -1.87. The molecule has 0 atom stereocenters. The Hall–Kier alpha value is -2.79. The van der Waals surface area contributed by atoms with E-state index in [9.17, 15) is 13.6 Å². The van der Waals surface area contributed by atoms with E-state index in [4.69, 9.17) is 5.26 Å². The summed E-state index contributed by atoms with van der Waals surface area (Å²) in [7, 11) is 0. The van der Waals surface area contributed by atoms with E-state index in [1.807, 2.05) is 0 Å². The van der Waals surface area contributed by atoms with E-state index in [1.54, 1.807) is 12.3 Å². The lowest BCUT2D eigenvalue weighted by atomic mass is 10.0. The molecule has 0 aliphatic carbocycles. The van der Waals surface area contributed by atoms with Crippen molar-refractivity contribution in [1.29, 1.82) is 5.26 Å². The Morgan fingerprint density at radius 2 is 2.17 bits per heavy atom. The van der Waals surface area contributed by atoms with E-state index >= 15 is 0 Å². The number of pyridine rings is 1. The molecule has 0 saturated heterocycles. The van der Waals surface area contributed by atoms with Gasteiger partial charge in [-0.25, -0.2) is 13.8 Å². The SMILES string of the molecule is CSc1nc(-c2c(F)cc3ncccc3c2F)c(C#N)c(=O)[nH]1. The van der Waals surface area contributed by atoms with Gasteiger partial charge in [0.05, 0.1) is 11.1 Å². The second-order valence-corrected chi connectivity index (χ2v) is 5.32. The number of nitrogens with zero attached hydrogens (tertiary/aromatic N) is 3. The van der Waals surface area contributed by atoms with Gasteiger partial charge in [0.25, 0.3) is 5.56 Å². The van der Waals surface area contributed by atoms with Gasteiger partial charge in [0.15, 0.2) is 5.16 Å². The highest BCUT2D eigenvalue weighted by atomic mass is 32.2. The van der Waals surface area contributed by atoms with Crippen LogP contribution in [0.5, 0.6) is 0 Å². The fraction of sp³-hybridized carbons (Fsp3) is 0.0667. The quantitative estimate of drug-likeness (QED) is 0.577. The Labute approximate surface area is 133 Å². The fourth-order valence-electron chi connectivity index (χ4n) is 2.20. The number of thioether (sulfide) groups is 1. The molecule has 23 heavy (non-hydrogen) atoms. The minimum atomic E-state index is -0.935. The van der Waals surface area contributed by atoms with Crippen molar-refractivity contribution in [2.75, 3.05) is 6.26 Å². The van der Waals surface area contributed by atoms with Gasteiger partial charge >= 0.3 is 0 Å². The highest BCUT2D eigenvalue weighted by Gasteiger charge is 2.22. The number of rotatable bonds is 2. The van der Waals surface area contributed by atoms with Crippen LogP contribution in [0.2, 0.25) is 0 Å². The molecule has 3 aromatic rings. The van der Waals surface area contributed by atoms with E-state index < -0.39 is 28.3 Å². The molecule has 0 bridgehead atoms. The Bertz CT molecular complexity index is 1030. The summed E-state index contributed by atoms with van der Waals surface area (Å²) < 4.78 is 29.2. The first kappa shape index (κ1) is 15.1. The summed E-state index contributed by atoms with van der Waals surface area (Å²) in [5.74, 6) is -1.84. The van der Waals surface area contributed by atoms with Gasteiger partial charge in [-0.2, -0.15) is 5.26 Å². The molecular weight excluding hydrogens is 322 g/mol. The average molecular weight is 330 g/mol. The van der Waals surface area contributed by atoms with Crippen molar-refractivity contribution in [1.82, 2.24) is 15.0 Å². The molecule has 0 aliphatic rings. The lowest BCUT2D eigenvalue weighted by Crippen LogP contribution is -2.15. The zero-order valence-corrected chi connectivity index (χ0v) is 12.5. The van der Waals surface area contributed by atoms with Gasteiger partial charge in [-0.1, -0.05) is 11.8 Å². The van der Waals surface area contributed by atoms with Gasteiger partial charge in [0.2, 0.25) is 0 Å². The van der Waals surface area contributed by atoms with E-state index in [0.29, 0.717) is 0 Å². The van der Waals surface area contributed by atoms with Crippen molar-refractivity contribution in [3.8, 4) is 17.3 Å². The van der Waals surface area contributed by atoms with Gasteiger partial charge < -0.3 is 4.98 Å². The maximum atomic E-state index is 14.8. The number of aromatic amines is 1. The molecule has 1 N–H and O–H groups in total. The Morgan fingerprint density at radius 3 is 2.87 bits per heavy atom. The van der Waals surface area contributed by atoms with E-state index in [-0.39, 0.29) is 21.8 Å². The van der Waals surface area contributed by atoms with Crippen LogP contribution in [0.3, 0.4) is 0 Å². The molecule has 0 aliphatic heterocycles. The molecular formula is C15H8F2N4OS. The van der Waals surface area contributed by atoms with E-state index in [1.165, 1.54) is 18.3 Å². The summed E-state index contributed by atoms with van der Waals surface area (Å²) in [4.78, 5) is 22.2. The minimum Gasteiger partial charge on any atom is -0.300 e. The van der Waals surface area contributed by atoms with Gasteiger partial charge in [-0.3, -0.25) is 9.78 Å². The Morgan fingerprint density at radius 1 is 1.39 bits per heavy atom. The largest absolute Gasteiger partial charge is 0.300 e. The Kier molecular flexibility index (Phi) is 3.80. The lowest BCUT2D eigenvalue weighted by Gasteiger charge is -2.09. The third kappa shape index (κ3) is 2.45. The lowest BCUT2D eigenvalue weighted by molar-refractivity contribution is 0.596. The van der Waals surface area contributed by atoms with E-state index in [2.05, 4.69) is 15.0 Å². The topological polar surface area (TPSA) is 82.4 Å². The summed E-state index contributed by atoms with van der Waals surface area (Å²) in [6, 6.07) is 5.65. The molecule has 0 fully saturated rings. The van der Waals surface area contributed by atoms with Crippen LogP contribution in [-0.4, -0.2) is 21.2 Å². The van der Waals surface area contributed by atoms with E-state index in [0.717, 1.165) is 17.8 Å². The average Bonchev–Trinajstić information content (AvgIpc) is 2.54. The van der Waals surface area contributed by atoms with Crippen molar-refractivity contribution in [3.63, 3.8) is 0 Å². The second-order valence-electron chi connectivity index (χ2n) is 4.53. The summed E-state index contributed by atoms with van der Waals surface area (Å²) in [5, 5.41) is 9.39. The fourth-order valence-corrected chi connectivity index (χ4v) is 2.58. The van der Waals surface area contributed by atoms with Crippen molar-refractivity contribution < 1.29 is 8.78 Å². The highest BCUT2D eigenvalue weighted by Crippen LogP contribution is 2.31. The number of fused-ring (bicyclic) bond motifs is 1. The van der Waals surface area contributed by atoms with Crippen LogP contribution < -0.4 is 5.56 Å². The number of benzene rings is 1. The number of nitrogens with one attached hydrogen (secondary N) is 1. The van der Waals surface area contributed by atoms with Gasteiger partial charge in [-0.05, 0) is 18.4 Å². The Balaban J connectivity index is 2.44. The monoisotopic (exact) mass is 330 g/mol. The highest BCUT2D eigenvalue weighted by molar-refractivity contribution is 7.98. The molecule has 1 aromatic carbocycles. The molecule has 114 valence electrons. The first-order chi connectivity index (χ1) is 11.1. The van der Waals surface area contributed by atoms with Crippen LogP contribution in [0.25, 0.3) is 22.2 Å². The number of nitriles is 1. The van der Waals surface area contributed by atoms with Gasteiger partial charge in [0.1, 0.15) is 29.0 Å². The second kappa shape index (κ2) is 5.78. The van der Waals surface area contributed by atoms with Gasteiger partial charge in [0, 0.05) is 17.6 Å². The predicted octanol–water partition coefficient (Wildman–Crippen LogP) is 2.86. The molecule has 5 nitrogen and oxygen atoms in total. The van der Waals surface area contributed by atoms with Crippen molar-refractivity contribution in [2.45, 2.75) is 5.16 Å². The molecule has 2 aromatic heterocycles. The standard InChI is InChI=1S/C15H8F2N4OS/c1-23-15-20-13(8(6-18)14(22)21-15)11-9(16)5-10-7(12(11)17)3-2-4-19-10/h2-5H,1H3,(H,20,21,22). The maximum Gasteiger partial charge on any atom is 0.270 e. The van der Waals surface area contributed by atoms with Crippen LogP contribution in [0.15, 0.2) is 34.3 Å². The zero-order chi connectivity index (χ0) is 16.6.